The zero-order valence-corrected chi connectivity index (χ0v) is 17.6. The van der Waals surface area contributed by atoms with E-state index in [1.54, 1.807) is 18.4 Å². The van der Waals surface area contributed by atoms with Gasteiger partial charge in [0.25, 0.3) is 0 Å². The van der Waals surface area contributed by atoms with Crippen molar-refractivity contribution in [3.8, 4) is 0 Å². The van der Waals surface area contributed by atoms with Gasteiger partial charge in [0.2, 0.25) is 0 Å². The average Bonchev–Trinajstić information content (AvgIpc) is 3.12. The van der Waals surface area contributed by atoms with E-state index >= 15 is 0 Å². The second-order valence-electron chi connectivity index (χ2n) is 5.81. The first kappa shape index (κ1) is 20.7. The van der Waals surface area contributed by atoms with Gasteiger partial charge in [-0.05, 0) is 26.0 Å². The normalized spacial score (nSPS) is 12.8. The number of guanidine groups is 1. The van der Waals surface area contributed by atoms with E-state index in [1.807, 2.05) is 31.8 Å². The second-order valence-corrected chi connectivity index (χ2v) is 7.87. The molecule has 142 valence electrons. The number of rotatable bonds is 9. The summed E-state index contributed by atoms with van der Waals surface area (Å²) in [7, 11) is 3.76. The average molecular weight is 393 g/mol. The molecule has 2 rings (SSSR count). The molecular formula is C19H28N4OS2. The van der Waals surface area contributed by atoms with Crippen LogP contribution in [0, 0.1) is 0 Å². The van der Waals surface area contributed by atoms with Gasteiger partial charge in [-0.3, -0.25) is 4.99 Å². The number of hydrogen-bond donors (Lipinski definition) is 1. The first-order valence-electron chi connectivity index (χ1n) is 8.78. The summed E-state index contributed by atoms with van der Waals surface area (Å²) in [4.78, 5) is 12.8. The van der Waals surface area contributed by atoms with Crippen LogP contribution in [-0.4, -0.2) is 48.8 Å². The Morgan fingerprint density at radius 2 is 2.15 bits per heavy atom. The Labute approximate surface area is 164 Å². The third-order valence-corrected chi connectivity index (χ3v) is 5.78. The topological polar surface area (TPSA) is 49.8 Å². The van der Waals surface area contributed by atoms with Crippen LogP contribution in [0.5, 0.6) is 0 Å². The molecule has 5 nitrogen and oxygen atoms in total. The monoisotopic (exact) mass is 392 g/mol. The number of methoxy groups -OCH3 is 1. The molecule has 1 aromatic heterocycles. The van der Waals surface area contributed by atoms with Crippen molar-refractivity contribution < 1.29 is 4.74 Å². The lowest BCUT2D eigenvalue weighted by Crippen LogP contribution is -2.38. The van der Waals surface area contributed by atoms with E-state index in [4.69, 9.17) is 9.73 Å². The lowest BCUT2D eigenvalue weighted by Gasteiger charge is -2.21. The van der Waals surface area contributed by atoms with E-state index in [-0.39, 0.29) is 6.10 Å². The van der Waals surface area contributed by atoms with E-state index in [9.17, 15) is 0 Å². The van der Waals surface area contributed by atoms with Crippen LogP contribution in [0.15, 0.2) is 45.6 Å². The summed E-state index contributed by atoms with van der Waals surface area (Å²) in [5.41, 5.74) is 1.04. The smallest absolute Gasteiger partial charge is 0.194 e. The molecule has 1 aromatic carbocycles. The largest absolute Gasteiger partial charge is 0.375 e. The zero-order chi connectivity index (χ0) is 18.8. The number of benzene rings is 1. The van der Waals surface area contributed by atoms with Gasteiger partial charge in [0.05, 0.1) is 18.8 Å². The molecule has 0 aliphatic rings. The maximum Gasteiger partial charge on any atom is 0.194 e. The summed E-state index contributed by atoms with van der Waals surface area (Å²) < 4.78 is 5.34. The highest BCUT2D eigenvalue weighted by Gasteiger charge is 2.12. The van der Waals surface area contributed by atoms with Crippen molar-refractivity contribution >= 4 is 29.1 Å². The fourth-order valence-electron chi connectivity index (χ4n) is 2.30. The number of nitrogens with zero attached hydrogens (tertiary/aromatic N) is 3. The van der Waals surface area contributed by atoms with Crippen LogP contribution < -0.4 is 5.32 Å². The van der Waals surface area contributed by atoms with Crippen molar-refractivity contribution in [2.75, 3.05) is 33.0 Å². The Bertz CT molecular complexity index is 675. The highest BCUT2D eigenvalue weighted by Crippen LogP contribution is 2.21. The Morgan fingerprint density at radius 3 is 2.85 bits per heavy atom. The van der Waals surface area contributed by atoms with Crippen molar-refractivity contribution in [1.29, 1.82) is 0 Å². The van der Waals surface area contributed by atoms with Gasteiger partial charge in [-0.25, -0.2) is 4.98 Å². The van der Waals surface area contributed by atoms with Crippen LogP contribution in [0.2, 0.25) is 0 Å². The molecule has 0 bridgehead atoms. The Kier molecular flexibility index (Phi) is 8.94. The van der Waals surface area contributed by atoms with E-state index in [2.05, 4.69) is 51.8 Å². The van der Waals surface area contributed by atoms with Crippen LogP contribution in [0.4, 0.5) is 0 Å². The zero-order valence-electron chi connectivity index (χ0n) is 15.9. The summed E-state index contributed by atoms with van der Waals surface area (Å²) in [6.45, 7) is 6.45. The third-order valence-electron chi connectivity index (χ3n) is 3.73. The number of nitrogens with one attached hydrogen (secondary N) is 1. The van der Waals surface area contributed by atoms with E-state index in [0.29, 0.717) is 0 Å². The van der Waals surface area contributed by atoms with Gasteiger partial charge >= 0.3 is 0 Å². The minimum absolute atomic E-state index is 0.0379. The maximum absolute atomic E-state index is 5.34. The molecule has 1 unspecified atom stereocenters. The second kappa shape index (κ2) is 11.2. The highest BCUT2D eigenvalue weighted by molar-refractivity contribution is 7.99. The van der Waals surface area contributed by atoms with Crippen LogP contribution >= 0.6 is 23.1 Å². The molecule has 1 atom stereocenters. The molecule has 1 heterocycles. The van der Waals surface area contributed by atoms with Crippen LogP contribution in [0.3, 0.4) is 0 Å². The lowest BCUT2D eigenvalue weighted by molar-refractivity contribution is 0.119. The third kappa shape index (κ3) is 6.63. The first-order chi connectivity index (χ1) is 12.6. The molecule has 0 aliphatic carbocycles. The van der Waals surface area contributed by atoms with Gasteiger partial charge in [-0.2, -0.15) is 0 Å². The molecule has 0 radical (unpaired) electrons. The van der Waals surface area contributed by atoms with E-state index < -0.39 is 0 Å². The minimum atomic E-state index is 0.0379. The van der Waals surface area contributed by atoms with Crippen LogP contribution in [0.25, 0.3) is 0 Å². The number of hydrogen-bond acceptors (Lipinski definition) is 5. The lowest BCUT2D eigenvalue weighted by atomic mass is 10.4. The Hall–Kier alpha value is -1.57. The SMILES string of the molecule is CCNC(=NCCSc1ccccc1)N(C)Cc1csc(C(C)OC)n1. The molecule has 0 fully saturated rings. The van der Waals surface area contributed by atoms with Gasteiger partial charge in [0.1, 0.15) is 11.1 Å². The predicted octanol–water partition coefficient (Wildman–Crippen LogP) is 4.04. The number of ether oxygens (including phenoxy) is 1. The number of aromatic nitrogens is 1. The summed E-state index contributed by atoms with van der Waals surface area (Å²) in [5.74, 6) is 1.87. The molecule has 0 amide bonds. The molecule has 7 heteroatoms. The molecule has 0 saturated heterocycles. The molecule has 0 saturated carbocycles. The first-order valence-corrected chi connectivity index (χ1v) is 10.6. The van der Waals surface area contributed by atoms with Gasteiger partial charge in [-0.15, -0.1) is 23.1 Å². The quantitative estimate of drug-likeness (QED) is 0.302. The highest BCUT2D eigenvalue weighted by atomic mass is 32.2. The molecule has 0 aliphatic heterocycles. The molecule has 2 aromatic rings. The molecule has 26 heavy (non-hydrogen) atoms. The van der Waals surface area contributed by atoms with Crippen molar-refractivity contribution in [3.05, 3.63) is 46.4 Å². The summed E-state index contributed by atoms with van der Waals surface area (Å²) in [6, 6.07) is 10.4. The van der Waals surface area contributed by atoms with Gasteiger partial charge in [0.15, 0.2) is 5.96 Å². The fourth-order valence-corrected chi connectivity index (χ4v) is 3.91. The van der Waals surface area contributed by atoms with Crippen LogP contribution in [-0.2, 0) is 11.3 Å². The number of thiazole rings is 1. The van der Waals surface area contributed by atoms with Gasteiger partial charge < -0.3 is 15.0 Å². The van der Waals surface area contributed by atoms with E-state index in [1.165, 1.54) is 4.90 Å². The molecule has 1 N–H and O–H groups in total. The maximum atomic E-state index is 5.34. The number of thioether (sulfide) groups is 1. The van der Waals surface area contributed by atoms with Crippen LogP contribution in [0.1, 0.15) is 30.7 Å². The molecular weight excluding hydrogens is 364 g/mol. The summed E-state index contributed by atoms with van der Waals surface area (Å²) in [5, 5.41) is 6.46. The van der Waals surface area contributed by atoms with Gasteiger partial charge in [0, 0.05) is 36.7 Å². The summed E-state index contributed by atoms with van der Waals surface area (Å²) in [6.07, 6.45) is 0.0379. The number of aliphatic imine (C=N–C) groups is 1. The predicted molar refractivity (Wildman–Crippen MR) is 112 cm³/mol. The van der Waals surface area contributed by atoms with Crippen molar-refractivity contribution in [3.63, 3.8) is 0 Å². The molecule has 0 spiro atoms. The van der Waals surface area contributed by atoms with Gasteiger partial charge in [-0.1, -0.05) is 18.2 Å². The summed E-state index contributed by atoms with van der Waals surface area (Å²) >= 11 is 3.47. The standard InChI is InChI=1S/C19H28N4OS2/c1-5-20-19(21-11-12-25-17-9-7-6-8-10-17)23(3)13-16-14-26-18(22-16)15(2)24-4/h6-10,14-15H,5,11-13H2,1-4H3,(H,20,21). The van der Waals surface area contributed by atoms with E-state index in [0.717, 1.165) is 42.0 Å². The Morgan fingerprint density at radius 1 is 1.38 bits per heavy atom. The fraction of sp³-hybridized carbons (Fsp3) is 0.474. The van der Waals surface area contributed by atoms with Crippen molar-refractivity contribution in [2.45, 2.75) is 31.4 Å². The van der Waals surface area contributed by atoms with Crippen molar-refractivity contribution in [2.24, 2.45) is 4.99 Å². The van der Waals surface area contributed by atoms with Crippen molar-refractivity contribution in [1.82, 2.24) is 15.2 Å². The Balaban J connectivity index is 1.89. The minimum Gasteiger partial charge on any atom is -0.375 e.